The number of carbonyl (C=O) groups excluding carboxylic acids is 1. The molecule has 31 heavy (non-hydrogen) atoms. The molecule has 0 fully saturated rings. The number of aryl methyl sites for hydroxylation is 1. The average molecular weight is 456 g/mol. The first-order chi connectivity index (χ1) is 14.9. The minimum Gasteiger partial charge on any atom is -0.337 e. The van der Waals surface area contributed by atoms with Crippen LogP contribution in [-0.4, -0.2) is 30.8 Å². The topological polar surface area (TPSA) is 79.4 Å². The van der Waals surface area contributed by atoms with Gasteiger partial charge in [0.2, 0.25) is 15.9 Å². The van der Waals surface area contributed by atoms with Crippen LogP contribution in [0.25, 0.3) is 0 Å². The molecule has 4 rings (SSSR count). The molecule has 8 heteroatoms. The number of hydrogen-bond donors (Lipinski definition) is 1. The highest BCUT2D eigenvalue weighted by molar-refractivity contribution is 7.91. The van der Waals surface area contributed by atoms with E-state index in [2.05, 4.69) is 9.71 Å². The second-order valence-corrected chi connectivity index (χ2v) is 10.7. The number of thiophene rings is 1. The SMILES string of the molecule is Cc1ncc2c(c1CNS(=O)(=O)c1cccs1)CCN(C(=O)C(C)c1ccccc1)C2. The number of carbonyl (C=O) groups is 1. The van der Waals surface area contributed by atoms with Crippen LogP contribution in [-0.2, 0) is 34.3 Å². The van der Waals surface area contributed by atoms with Crippen molar-refractivity contribution in [3.8, 4) is 0 Å². The van der Waals surface area contributed by atoms with Gasteiger partial charge in [-0.3, -0.25) is 9.78 Å². The van der Waals surface area contributed by atoms with Crippen LogP contribution in [0.2, 0.25) is 0 Å². The van der Waals surface area contributed by atoms with Gasteiger partial charge in [0.25, 0.3) is 0 Å². The van der Waals surface area contributed by atoms with Gasteiger partial charge in [-0.15, -0.1) is 11.3 Å². The van der Waals surface area contributed by atoms with E-state index in [0.29, 0.717) is 23.7 Å². The molecule has 1 aliphatic heterocycles. The molecule has 6 nitrogen and oxygen atoms in total. The maximum atomic E-state index is 13.1. The van der Waals surface area contributed by atoms with Gasteiger partial charge < -0.3 is 4.90 Å². The summed E-state index contributed by atoms with van der Waals surface area (Å²) >= 11 is 1.19. The maximum absolute atomic E-state index is 13.1. The van der Waals surface area contributed by atoms with Gasteiger partial charge in [-0.25, -0.2) is 13.1 Å². The highest BCUT2D eigenvalue weighted by atomic mass is 32.2. The van der Waals surface area contributed by atoms with Gasteiger partial charge in [-0.1, -0.05) is 36.4 Å². The van der Waals surface area contributed by atoms with Crippen molar-refractivity contribution >= 4 is 27.3 Å². The maximum Gasteiger partial charge on any atom is 0.250 e. The lowest BCUT2D eigenvalue weighted by molar-refractivity contribution is -0.133. The van der Waals surface area contributed by atoms with Crippen LogP contribution < -0.4 is 4.72 Å². The third kappa shape index (κ3) is 4.56. The van der Waals surface area contributed by atoms with Gasteiger partial charge in [0, 0.05) is 31.5 Å². The van der Waals surface area contributed by atoms with E-state index >= 15 is 0 Å². The van der Waals surface area contributed by atoms with Crippen molar-refractivity contribution < 1.29 is 13.2 Å². The van der Waals surface area contributed by atoms with Crippen LogP contribution in [0.15, 0.2) is 58.3 Å². The number of hydrogen-bond acceptors (Lipinski definition) is 5. The third-order valence-electron chi connectivity index (χ3n) is 5.78. The Hall–Kier alpha value is -2.55. The number of amides is 1. The predicted octanol–water partition coefficient (Wildman–Crippen LogP) is 3.62. The molecule has 0 spiro atoms. The molecule has 1 atom stereocenters. The summed E-state index contributed by atoms with van der Waals surface area (Å²) in [7, 11) is -3.55. The molecule has 1 N–H and O–H groups in total. The minimum absolute atomic E-state index is 0.0948. The first-order valence-corrected chi connectivity index (χ1v) is 12.6. The minimum atomic E-state index is -3.55. The van der Waals surface area contributed by atoms with E-state index in [1.54, 1.807) is 17.5 Å². The molecular weight excluding hydrogens is 430 g/mol. The smallest absolute Gasteiger partial charge is 0.250 e. The number of rotatable bonds is 6. The molecule has 1 aromatic carbocycles. The number of benzene rings is 1. The van der Waals surface area contributed by atoms with E-state index < -0.39 is 10.0 Å². The largest absolute Gasteiger partial charge is 0.337 e. The Morgan fingerprint density at radius 3 is 2.71 bits per heavy atom. The molecule has 0 saturated carbocycles. The Morgan fingerprint density at radius 2 is 2.00 bits per heavy atom. The van der Waals surface area contributed by atoms with Crippen LogP contribution in [0, 0.1) is 6.92 Å². The van der Waals surface area contributed by atoms with Gasteiger partial charge in [-0.2, -0.15) is 0 Å². The Kier molecular flexibility index (Phi) is 6.22. The van der Waals surface area contributed by atoms with Crippen LogP contribution in [0.1, 0.15) is 40.8 Å². The zero-order valence-corrected chi connectivity index (χ0v) is 19.2. The van der Waals surface area contributed by atoms with E-state index in [1.807, 2.05) is 55.3 Å². The van der Waals surface area contributed by atoms with Gasteiger partial charge in [-0.05, 0) is 54.0 Å². The highest BCUT2D eigenvalue weighted by Crippen LogP contribution is 2.27. The fourth-order valence-electron chi connectivity index (χ4n) is 3.96. The number of sulfonamides is 1. The van der Waals surface area contributed by atoms with Crippen LogP contribution in [0.3, 0.4) is 0 Å². The van der Waals surface area contributed by atoms with E-state index in [9.17, 15) is 13.2 Å². The molecule has 0 radical (unpaired) electrons. The molecule has 1 aliphatic rings. The molecular formula is C23H25N3O3S2. The van der Waals surface area contributed by atoms with E-state index in [-0.39, 0.29) is 18.4 Å². The summed E-state index contributed by atoms with van der Waals surface area (Å²) in [5, 5.41) is 1.74. The molecule has 162 valence electrons. The molecule has 0 bridgehead atoms. The molecule has 3 heterocycles. The number of fused-ring (bicyclic) bond motifs is 1. The molecule has 3 aromatic rings. The zero-order valence-electron chi connectivity index (χ0n) is 17.5. The molecule has 2 aromatic heterocycles. The first-order valence-electron chi connectivity index (χ1n) is 10.2. The average Bonchev–Trinajstić information content (AvgIpc) is 3.34. The van der Waals surface area contributed by atoms with Crippen molar-refractivity contribution in [2.75, 3.05) is 6.54 Å². The summed E-state index contributed by atoms with van der Waals surface area (Å²) in [5.74, 6) is -0.115. The summed E-state index contributed by atoms with van der Waals surface area (Å²) in [4.78, 5) is 19.4. The number of aromatic nitrogens is 1. The summed E-state index contributed by atoms with van der Waals surface area (Å²) < 4.78 is 28.1. The molecule has 1 amide bonds. The molecule has 0 saturated heterocycles. The van der Waals surface area contributed by atoms with Gasteiger partial charge in [0.05, 0.1) is 5.92 Å². The lowest BCUT2D eigenvalue weighted by Crippen LogP contribution is -2.39. The fraction of sp³-hybridized carbons (Fsp3) is 0.304. The number of nitrogens with zero attached hydrogens (tertiary/aromatic N) is 2. The Morgan fingerprint density at radius 1 is 1.23 bits per heavy atom. The lowest BCUT2D eigenvalue weighted by atomic mass is 9.93. The second-order valence-electron chi connectivity index (χ2n) is 7.72. The van der Waals surface area contributed by atoms with E-state index in [4.69, 9.17) is 0 Å². The Labute approximate surface area is 187 Å². The van der Waals surface area contributed by atoms with Crippen molar-refractivity contribution in [2.45, 2.75) is 43.5 Å². The van der Waals surface area contributed by atoms with E-state index in [0.717, 1.165) is 27.9 Å². The summed E-state index contributed by atoms with van der Waals surface area (Å²) in [6, 6.07) is 13.1. The number of pyridine rings is 1. The molecule has 0 aliphatic carbocycles. The Balaban J connectivity index is 1.51. The van der Waals surface area contributed by atoms with Crippen molar-refractivity contribution in [1.82, 2.24) is 14.6 Å². The molecule has 1 unspecified atom stereocenters. The zero-order chi connectivity index (χ0) is 22.0. The predicted molar refractivity (Wildman–Crippen MR) is 121 cm³/mol. The van der Waals surface area contributed by atoms with Crippen molar-refractivity contribution in [2.24, 2.45) is 0 Å². The Bertz CT molecular complexity index is 1180. The normalized spacial score (nSPS) is 14.8. The standard InChI is InChI=1S/C23H25N3O3S2/c1-16(18-7-4-3-5-8-18)23(27)26-11-10-20-19(15-26)13-24-17(2)21(20)14-25-31(28,29)22-9-6-12-30-22/h3-9,12-13,16,25H,10-11,14-15H2,1-2H3. The van der Waals surface area contributed by atoms with Crippen molar-refractivity contribution in [1.29, 1.82) is 0 Å². The summed E-state index contributed by atoms with van der Waals surface area (Å²) in [6.07, 6.45) is 2.50. The summed E-state index contributed by atoms with van der Waals surface area (Å²) in [6.45, 7) is 5.12. The highest BCUT2D eigenvalue weighted by Gasteiger charge is 2.28. The fourth-order valence-corrected chi connectivity index (χ4v) is 5.99. The summed E-state index contributed by atoms with van der Waals surface area (Å²) in [5.41, 5.74) is 4.79. The number of nitrogens with one attached hydrogen (secondary N) is 1. The van der Waals surface area contributed by atoms with Crippen molar-refractivity contribution in [3.05, 3.63) is 82.0 Å². The van der Waals surface area contributed by atoms with Gasteiger partial charge in [0.1, 0.15) is 4.21 Å². The van der Waals surface area contributed by atoms with E-state index in [1.165, 1.54) is 11.3 Å². The van der Waals surface area contributed by atoms with Crippen molar-refractivity contribution in [3.63, 3.8) is 0 Å². The second kappa shape index (κ2) is 8.90. The van der Waals surface area contributed by atoms with Crippen LogP contribution >= 0.6 is 11.3 Å². The lowest BCUT2D eigenvalue weighted by Gasteiger charge is -2.32. The third-order valence-corrected chi connectivity index (χ3v) is 8.57. The monoisotopic (exact) mass is 455 g/mol. The van der Waals surface area contributed by atoms with Crippen LogP contribution in [0.5, 0.6) is 0 Å². The van der Waals surface area contributed by atoms with Crippen LogP contribution in [0.4, 0.5) is 0 Å². The first kappa shape index (κ1) is 21.7. The quantitative estimate of drug-likeness (QED) is 0.616. The van der Waals surface area contributed by atoms with Gasteiger partial charge >= 0.3 is 0 Å². The van der Waals surface area contributed by atoms with Gasteiger partial charge in [0.15, 0.2) is 0 Å².